The number of fused-ring (bicyclic) bond motifs is 5. The molecule has 0 aromatic heterocycles. The second-order valence-electron chi connectivity index (χ2n) is 11.2. The van der Waals surface area contributed by atoms with Gasteiger partial charge in [0.1, 0.15) is 23.1 Å². The molecule has 4 nitrogen and oxygen atoms in total. The van der Waals surface area contributed by atoms with E-state index in [0.717, 1.165) is 25.7 Å². The van der Waals surface area contributed by atoms with Gasteiger partial charge in [0, 0.05) is 43.4 Å². The minimum absolute atomic E-state index is 0.0165. The molecule has 0 aromatic rings. The molecule has 0 amide bonds. The average molecular weight is 401 g/mol. The van der Waals surface area contributed by atoms with E-state index < -0.39 is 5.41 Å². The van der Waals surface area contributed by atoms with Crippen LogP contribution in [0.25, 0.3) is 0 Å². The predicted molar refractivity (Wildman–Crippen MR) is 110 cm³/mol. The number of Topliss-reactive ketones (excluding diaryl/α,β-unsaturated/α-hetero) is 4. The molecule has 0 radical (unpaired) electrons. The molecule has 0 aromatic carbocycles. The maximum atomic E-state index is 13.6. The summed E-state index contributed by atoms with van der Waals surface area (Å²) in [6, 6.07) is 0. The number of carbonyl (C=O) groups is 4. The lowest BCUT2D eigenvalue weighted by atomic mass is 9.44. The number of rotatable bonds is 4. The summed E-state index contributed by atoms with van der Waals surface area (Å²) in [6.45, 7) is 8.21. The van der Waals surface area contributed by atoms with Crippen LogP contribution in [0.3, 0.4) is 0 Å². The zero-order valence-corrected chi connectivity index (χ0v) is 18.5. The zero-order valence-electron chi connectivity index (χ0n) is 18.5. The third-order valence-corrected chi connectivity index (χ3v) is 9.86. The maximum Gasteiger partial charge on any atom is 0.139 e. The summed E-state index contributed by atoms with van der Waals surface area (Å²) in [5, 5.41) is 0. The van der Waals surface area contributed by atoms with Crippen LogP contribution in [0.5, 0.6) is 0 Å². The molecule has 4 fully saturated rings. The lowest BCUT2D eigenvalue weighted by Gasteiger charge is -2.58. The van der Waals surface area contributed by atoms with Crippen LogP contribution in [0.2, 0.25) is 0 Å². The summed E-state index contributed by atoms with van der Waals surface area (Å²) in [5.41, 5.74) is -0.484. The zero-order chi connectivity index (χ0) is 21.1. The molecule has 8 atom stereocenters. The fourth-order valence-corrected chi connectivity index (χ4v) is 8.02. The molecule has 4 rings (SSSR count). The van der Waals surface area contributed by atoms with Gasteiger partial charge in [-0.05, 0) is 67.6 Å². The van der Waals surface area contributed by atoms with Crippen molar-refractivity contribution in [2.24, 2.45) is 46.3 Å². The van der Waals surface area contributed by atoms with Crippen molar-refractivity contribution in [2.75, 3.05) is 0 Å². The normalized spacial score (nSPS) is 45.4. The Kier molecular flexibility index (Phi) is 5.15. The Balaban J connectivity index is 1.63. The number of hydrogen-bond acceptors (Lipinski definition) is 4. The molecule has 0 heterocycles. The van der Waals surface area contributed by atoms with Gasteiger partial charge >= 0.3 is 0 Å². The van der Waals surface area contributed by atoms with E-state index in [1.807, 2.05) is 0 Å². The van der Waals surface area contributed by atoms with Crippen molar-refractivity contribution < 1.29 is 19.2 Å². The highest BCUT2D eigenvalue weighted by Gasteiger charge is 2.66. The molecule has 0 bridgehead atoms. The van der Waals surface area contributed by atoms with Crippen LogP contribution in [0.15, 0.2) is 0 Å². The van der Waals surface area contributed by atoms with Crippen LogP contribution >= 0.6 is 0 Å². The minimum Gasteiger partial charge on any atom is -0.300 e. The van der Waals surface area contributed by atoms with Crippen molar-refractivity contribution in [1.29, 1.82) is 0 Å². The van der Waals surface area contributed by atoms with Crippen LogP contribution in [-0.4, -0.2) is 23.1 Å². The van der Waals surface area contributed by atoms with E-state index in [0.29, 0.717) is 49.6 Å². The Morgan fingerprint density at radius 3 is 2.48 bits per heavy atom. The van der Waals surface area contributed by atoms with E-state index in [9.17, 15) is 19.2 Å². The highest BCUT2D eigenvalue weighted by atomic mass is 16.1. The largest absolute Gasteiger partial charge is 0.300 e. The van der Waals surface area contributed by atoms with Gasteiger partial charge < -0.3 is 4.79 Å². The van der Waals surface area contributed by atoms with Gasteiger partial charge in [-0.15, -0.1) is 0 Å². The fourth-order valence-electron chi connectivity index (χ4n) is 8.02. The highest BCUT2D eigenvalue weighted by molar-refractivity contribution is 5.93. The summed E-state index contributed by atoms with van der Waals surface area (Å²) >= 11 is 0. The van der Waals surface area contributed by atoms with Crippen molar-refractivity contribution in [1.82, 2.24) is 0 Å². The van der Waals surface area contributed by atoms with Gasteiger partial charge in [-0.3, -0.25) is 14.4 Å². The molecule has 29 heavy (non-hydrogen) atoms. The fraction of sp³-hybridized carbons (Fsp3) is 0.840. The topological polar surface area (TPSA) is 68.3 Å². The molecule has 4 heteroatoms. The van der Waals surface area contributed by atoms with Crippen LogP contribution in [0.4, 0.5) is 0 Å². The molecule has 0 N–H and O–H groups in total. The van der Waals surface area contributed by atoms with Gasteiger partial charge in [0.25, 0.3) is 0 Å². The molecular weight excluding hydrogens is 364 g/mol. The molecule has 160 valence electrons. The van der Waals surface area contributed by atoms with Gasteiger partial charge in [0.15, 0.2) is 0 Å². The second kappa shape index (κ2) is 7.13. The summed E-state index contributed by atoms with van der Waals surface area (Å²) in [7, 11) is 0. The molecule has 0 spiro atoms. The first-order valence-corrected chi connectivity index (χ1v) is 11.7. The molecule has 4 saturated carbocycles. The Morgan fingerprint density at radius 2 is 1.79 bits per heavy atom. The quantitative estimate of drug-likeness (QED) is 0.693. The molecule has 4 aliphatic carbocycles. The number of hydrogen-bond donors (Lipinski definition) is 0. The number of ketones is 4. The van der Waals surface area contributed by atoms with E-state index in [1.54, 1.807) is 6.92 Å². The minimum atomic E-state index is -0.430. The first-order chi connectivity index (χ1) is 13.6. The van der Waals surface area contributed by atoms with E-state index in [1.165, 1.54) is 0 Å². The van der Waals surface area contributed by atoms with Crippen LogP contribution in [-0.2, 0) is 19.2 Å². The standard InChI is InChI=1S/C25H36O4/c1-14(5-6-15(2)26)18-7-8-19-23-20(13-22(29)25(18,19)4)24(3)10-9-17(27)11-16(24)12-21(23)28/h14,16,18-20,23H,5-13H2,1-4H3/t14-,16+,18-,19+,20+,23-,24-,25+/m0/s1. The van der Waals surface area contributed by atoms with E-state index in [4.69, 9.17) is 0 Å². The van der Waals surface area contributed by atoms with Gasteiger partial charge in [0.2, 0.25) is 0 Å². The monoisotopic (exact) mass is 400 g/mol. The second-order valence-corrected chi connectivity index (χ2v) is 11.2. The lowest BCUT2D eigenvalue weighted by Crippen LogP contribution is -2.60. The third-order valence-electron chi connectivity index (χ3n) is 9.86. The molecule has 0 unspecified atom stereocenters. The average Bonchev–Trinajstić information content (AvgIpc) is 3.01. The van der Waals surface area contributed by atoms with Gasteiger partial charge in [0.05, 0.1) is 0 Å². The summed E-state index contributed by atoms with van der Waals surface area (Å²) in [5.74, 6) is 2.10. The highest BCUT2D eigenvalue weighted by Crippen LogP contribution is 2.66. The van der Waals surface area contributed by atoms with Crippen LogP contribution in [0.1, 0.15) is 85.5 Å². The Hall–Kier alpha value is -1.32. The molecule has 4 aliphatic rings. The van der Waals surface area contributed by atoms with Gasteiger partial charge in [-0.1, -0.05) is 20.8 Å². The smallest absolute Gasteiger partial charge is 0.139 e. The molecule has 0 aliphatic heterocycles. The SMILES string of the molecule is CC(=O)CC[C@H](C)[C@@H]1CC[C@@H]2[C@@H]3C(=O)C[C@H]4CC(=O)CC[C@]4(C)[C@@H]3CC(=O)[C@@]21C. The Labute approximate surface area is 174 Å². The van der Waals surface area contributed by atoms with E-state index >= 15 is 0 Å². The van der Waals surface area contributed by atoms with Gasteiger partial charge in [-0.25, -0.2) is 0 Å². The molecule has 0 saturated heterocycles. The van der Waals surface area contributed by atoms with Crippen molar-refractivity contribution in [3.05, 3.63) is 0 Å². The Morgan fingerprint density at radius 1 is 1.07 bits per heavy atom. The van der Waals surface area contributed by atoms with Crippen molar-refractivity contribution in [3.8, 4) is 0 Å². The van der Waals surface area contributed by atoms with Crippen LogP contribution < -0.4 is 0 Å². The lowest BCUT2D eigenvalue weighted by molar-refractivity contribution is -0.166. The predicted octanol–water partition coefficient (Wildman–Crippen LogP) is 4.58. The first kappa shape index (κ1) is 20.9. The van der Waals surface area contributed by atoms with Crippen molar-refractivity contribution in [3.63, 3.8) is 0 Å². The molecular formula is C25H36O4. The summed E-state index contributed by atoms with van der Waals surface area (Å²) in [6.07, 6.45) is 6.32. The number of carbonyl (C=O) groups excluding carboxylic acids is 4. The third kappa shape index (κ3) is 3.08. The van der Waals surface area contributed by atoms with Crippen LogP contribution in [0, 0.1) is 46.3 Å². The van der Waals surface area contributed by atoms with Gasteiger partial charge in [-0.2, -0.15) is 0 Å². The van der Waals surface area contributed by atoms with E-state index in [2.05, 4.69) is 20.8 Å². The maximum absolute atomic E-state index is 13.6. The van der Waals surface area contributed by atoms with E-state index in [-0.39, 0.29) is 46.6 Å². The summed E-state index contributed by atoms with van der Waals surface area (Å²) < 4.78 is 0. The summed E-state index contributed by atoms with van der Waals surface area (Å²) in [4.78, 5) is 50.5. The van der Waals surface area contributed by atoms with Crippen molar-refractivity contribution >= 4 is 23.1 Å². The first-order valence-electron chi connectivity index (χ1n) is 11.7. The Bertz CT molecular complexity index is 754. The van der Waals surface area contributed by atoms with Crippen molar-refractivity contribution in [2.45, 2.75) is 85.5 Å².